The van der Waals surface area contributed by atoms with Gasteiger partial charge in [-0.1, -0.05) is 27.7 Å². The Bertz CT molecular complexity index is 283. The molecule has 2 fully saturated rings. The summed E-state index contributed by atoms with van der Waals surface area (Å²) in [5.41, 5.74) is 0.229. The quantitative estimate of drug-likeness (QED) is 0.794. The molecule has 2 saturated heterocycles. The van der Waals surface area contributed by atoms with Crippen molar-refractivity contribution in [1.82, 2.24) is 10.2 Å². The summed E-state index contributed by atoms with van der Waals surface area (Å²) in [5.74, 6) is 2.24. The molecule has 0 aromatic carbocycles. The van der Waals surface area contributed by atoms with Gasteiger partial charge in [0, 0.05) is 32.6 Å². The molecule has 2 aliphatic heterocycles. The molecule has 3 unspecified atom stereocenters. The number of carbonyl (C=O) groups is 1. The van der Waals surface area contributed by atoms with Gasteiger partial charge in [0.2, 0.25) is 5.91 Å². The van der Waals surface area contributed by atoms with E-state index < -0.39 is 0 Å². The predicted octanol–water partition coefficient (Wildman–Crippen LogP) is 1.74. The lowest BCUT2D eigenvalue weighted by Gasteiger charge is -2.28. The van der Waals surface area contributed by atoms with Crippen molar-refractivity contribution >= 4 is 5.91 Å². The van der Waals surface area contributed by atoms with E-state index in [0.717, 1.165) is 26.2 Å². The van der Waals surface area contributed by atoms with Crippen LogP contribution in [0.5, 0.6) is 0 Å². The predicted molar refractivity (Wildman–Crippen MR) is 69.7 cm³/mol. The molecule has 3 heteroatoms. The molecule has 1 amide bonds. The van der Waals surface area contributed by atoms with Gasteiger partial charge in [0.15, 0.2) is 0 Å². The molecule has 0 aromatic heterocycles. The topological polar surface area (TPSA) is 32.3 Å². The zero-order valence-electron chi connectivity index (χ0n) is 11.6. The summed E-state index contributed by atoms with van der Waals surface area (Å²) in [7, 11) is 0. The van der Waals surface area contributed by atoms with Crippen LogP contribution in [0.15, 0.2) is 0 Å². The van der Waals surface area contributed by atoms with Crippen molar-refractivity contribution in [1.29, 1.82) is 0 Å². The smallest absolute Gasteiger partial charge is 0.222 e. The normalized spacial score (nSPS) is 30.5. The third kappa shape index (κ3) is 2.82. The molecule has 2 heterocycles. The van der Waals surface area contributed by atoms with E-state index in [1.165, 1.54) is 0 Å². The lowest BCUT2D eigenvalue weighted by atomic mass is 9.80. The van der Waals surface area contributed by atoms with E-state index in [1.54, 1.807) is 0 Å². The maximum Gasteiger partial charge on any atom is 0.222 e. The van der Waals surface area contributed by atoms with Gasteiger partial charge >= 0.3 is 0 Å². The summed E-state index contributed by atoms with van der Waals surface area (Å²) >= 11 is 0. The molecule has 0 spiro atoms. The molecule has 17 heavy (non-hydrogen) atoms. The molecule has 2 aliphatic rings. The monoisotopic (exact) mass is 238 g/mol. The van der Waals surface area contributed by atoms with Gasteiger partial charge < -0.3 is 10.2 Å². The van der Waals surface area contributed by atoms with E-state index in [2.05, 4.69) is 37.9 Å². The van der Waals surface area contributed by atoms with Crippen molar-refractivity contribution in [2.45, 2.75) is 34.1 Å². The van der Waals surface area contributed by atoms with Gasteiger partial charge in [-0.3, -0.25) is 4.79 Å². The van der Waals surface area contributed by atoms with Crippen LogP contribution >= 0.6 is 0 Å². The SMILES string of the molecule is CC(CC(=O)N1CC2CNCC2C1)C(C)(C)C. The highest BCUT2D eigenvalue weighted by Gasteiger charge is 2.38. The van der Waals surface area contributed by atoms with Crippen LogP contribution < -0.4 is 5.32 Å². The standard InChI is InChI=1S/C14H26N2O/c1-10(14(2,3)4)5-13(17)16-8-11-6-15-7-12(11)9-16/h10-12,15H,5-9H2,1-4H3. The molecule has 3 atom stereocenters. The molecule has 0 aliphatic carbocycles. The number of likely N-dealkylation sites (tertiary alicyclic amines) is 1. The summed E-state index contributed by atoms with van der Waals surface area (Å²) in [5, 5.41) is 3.41. The largest absolute Gasteiger partial charge is 0.342 e. The van der Waals surface area contributed by atoms with Crippen LogP contribution in [0, 0.1) is 23.2 Å². The molecule has 1 N–H and O–H groups in total. The van der Waals surface area contributed by atoms with Crippen LogP contribution in [0.1, 0.15) is 34.1 Å². The minimum absolute atomic E-state index is 0.229. The Kier molecular flexibility index (Phi) is 3.48. The van der Waals surface area contributed by atoms with E-state index in [-0.39, 0.29) is 5.41 Å². The van der Waals surface area contributed by atoms with Gasteiger partial charge in [0.25, 0.3) is 0 Å². The highest BCUT2D eigenvalue weighted by atomic mass is 16.2. The first kappa shape index (κ1) is 12.9. The van der Waals surface area contributed by atoms with Crippen LogP contribution in [0.4, 0.5) is 0 Å². The van der Waals surface area contributed by atoms with Crippen LogP contribution in [0.2, 0.25) is 0 Å². The highest BCUT2D eigenvalue weighted by Crippen LogP contribution is 2.31. The van der Waals surface area contributed by atoms with Crippen molar-refractivity contribution < 1.29 is 4.79 Å². The Hall–Kier alpha value is -0.570. The number of nitrogens with zero attached hydrogens (tertiary/aromatic N) is 1. The Labute approximate surface area is 105 Å². The van der Waals surface area contributed by atoms with Crippen molar-refractivity contribution in [3.8, 4) is 0 Å². The molecule has 0 aromatic rings. The molecule has 98 valence electrons. The average Bonchev–Trinajstić information content (AvgIpc) is 2.74. The van der Waals surface area contributed by atoms with E-state index in [4.69, 9.17) is 0 Å². The Balaban J connectivity index is 1.85. The number of amides is 1. The van der Waals surface area contributed by atoms with Gasteiger partial charge in [-0.05, 0) is 23.2 Å². The second kappa shape index (κ2) is 4.60. The zero-order valence-corrected chi connectivity index (χ0v) is 11.6. The van der Waals surface area contributed by atoms with Crippen LogP contribution in [0.3, 0.4) is 0 Å². The second-order valence-electron chi connectivity index (χ2n) is 6.95. The fraction of sp³-hybridized carbons (Fsp3) is 0.929. The first-order chi connectivity index (χ1) is 7.88. The van der Waals surface area contributed by atoms with E-state index in [0.29, 0.717) is 30.1 Å². The van der Waals surface area contributed by atoms with Crippen molar-refractivity contribution in [2.75, 3.05) is 26.2 Å². The van der Waals surface area contributed by atoms with Crippen molar-refractivity contribution in [3.63, 3.8) is 0 Å². The number of carbonyl (C=O) groups excluding carboxylic acids is 1. The number of hydrogen-bond donors (Lipinski definition) is 1. The van der Waals surface area contributed by atoms with E-state index in [1.807, 2.05) is 0 Å². The van der Waals surface area contributed by atoms with Crippen molar-refractivity contribution in [2.24, 2.45) is 23.2 Å². The number of hydrogen-bond acceptors (Lipinski definition) is 2. The van der Waals surface area contributed by atoms with Crippen molar-refractivity contribution in [3.05, 3.63) is 0 Å². The summed E-state index contributed by atoms with van der Waals surface area (Å²) in [6.45, 7) is 13.0. The number of fused-ring (bicyclic) bond motifs is 1. The Morgan fingerprint density at radius 2 is 1.82 bits per heavy atom. The number of nitrogens with one attached hydrogen (secondary N) is 1. The molecular formula is C14H26N2O. The minimum Gasteiger partial charge on any atom is -0.342 e. The fourth-order valence-electron chi connectivity index (χ4n) is 2.76. The molecule has 0 bridgehead atoms. The maximum atomic E-state index is 12.2. The minimum atomic E-state index is 0.229. The molecule has 3 nitrogen and oxygen atoms in total. The van der Waals surface area contributed by atoms with Gasteiger partial charge in [0.05, 0.1) is 0 Å². The van der Waals surface area contributed by atoms with Gasteiger partial charge in [-0.25, -0.2) is 0 Å². The second-order valence-corrected chi connectivity index (χ2v) is 6.95. The Morgan fingerprint density at radius 3 is 2.29 bits per heavy atom. The van der Waals surface area contributed by atoms with Gasteiger partial charge in [-0.15, -0.1) is 0 Å². The summed E-state index contributed by atoms with van der Waals surface area (Å²) in [6.07, 6.45) is 0.705. The van der Waals surface area contributed by atoms with E-state index in [9.17, 15) is 4.79 Å². The van der Waals surface area contributed by atoms with Gasteiger partial charge in [-0.2, -0.15) is 0 Å². The third-order valence-corrected chi connectivity index (χ3v) is 4.70. The van der Waals surface area contributed by atoms with Crippen LogP contribution in [-0.4, -0.2) is 37.0 Å². The average molecular weight is 238 g/mol. The highest BCUT2D eigenvalue weighted by molar-refractivity contribution is 5.76. The summed E-state index contributed by atoms with van der Waals surface area (Å²) < 4.78 is 0. The lowest BCUT2D eigenvalue weighted by molar-refractivity contribution is -0.132. The molecule has 0 radical (unpaired) electrons. The molecule has 0 saturated carbocycles. The van der Waals surface area contributed by atoms with Crippen LogP contribution in [0.25, 0.3) is 0 Å². The van der Waals surface area contributed by atoms with Crippen LogP contribution in [-0.2, 0) is 4.79 Å². The summed E-state index contributed by atoms with van der Waals surface area (Å²) in [6, 6.07) is 0. The lowest BCUT2D eigenvalue weighted by Crippen LogP contribution is -2.34. The Morgan fingerprint density at radius 1 is 1.29 bits per heavy atom. The third-order valence-electron chi connectivity index (χ3n) is 4.70. The van der Waals surface area contributed by atoms with E-state index >= 15 is 0 Å². The molecule has 2 rings (SSSR count). The fourth-order valence-corrected chi connectivity index (χ4v) is 2.76. The maximum absolute atomic E-state index is 12.2. The zero-order chi connectivity index (χ0) is 12.6. The van der Waals surface area contributed by atoms with Gasteiger partial charge in [0.1, 0.15) is 0 Å². The molecular weight excluding hydrogens is 212 g/mol. The summed E-state index contributed by atoms with van der Waals surface area (Å²) in [4.78, 5) is 14.3. The number of rotatable bonds is 2. The first-order valence-electron chi connectivity index (χ1n) is 6.86. The first-order valence-corrected chi connectivity index (χ1v) is 6.86.